The summed E-state index contributed by atoms with van der Waals surface area (Å²) >= 11 is 0. The monoisotopic (exact) mass is 282 g/mol. The van der Waals surface area contributed by atoms with E-state index in [1.807, 2.05) is 0 Å². The predicted molar refractivity (Wildman–Crippen MR) is 56.7 cm³/mol. The molecule has 0 aromatic heterocycles. The Morgan fingerprint density at radius 2 is 1.42 bits per heavy atom. The first-order valence-corrected chi connectivity index (χ1v) is 5.86. The zero-order valence-electron chi connectivity index (χ0n) is 9.90. The predicted octanol–water partition coefficient (Wildman–Crippen LogP) is -4.73. The van der Waals surface area contributed by atoms with Crippen LogP contribution in [0.15, 0.2) is 0 Å². The molecule has 0 aromatic carbocycles. The fourth-order valence-electron chi connectivity index (χ4n) is 2.45. The molecule has 7 N–H and O–H groups in total. The van der Waals surface area contributed by atoms with Gasteiger partial charge >= 0.3 is 0 Å². The molecule has 2 rings (SSSR count). The number of hydrogen-bond donors (Lipinski definition) is 7. The van der Waals surface area contributed by atoms with Crippen LogP contribution in [0.4, 0.5) is 0 Å². The topological polar surface area (TPSA) is 160 Å². The van der Waals surface area contributed by atoms with Crippen LogP contribution in [0.1, 0.15) is 0 Å². The average molecular weight is 282 g/mol. The molecule has 0 spiro atoms. The van der Waals surface area contributed by atoms with E-state index in [9.17, 15) is 25.5 Å². The summed E-state index contributed by atoms with van der Waals surface area (Å²) in [6.07, 6.45) is -10.5. The molecule has 112 valence electrons. The molecule has 9 nitrogen and oxygen atoms in total. The Morgan fingerprint density at radius 3 is 1.84 bits per heavy atom. The summed E-state index contributed by atoms with van der Waals surface area (Å²) in [6.45, 7) is -1.26. The van der Waals surface area contributed by atoms with Crippen molar-refractivity contribution in [3.63, 3.8) is 0 Å². The summed E-state index contributed by atoms with van der Waals surface area (Å²) < 4.78 is 10.0. The second-order valence-electron chi connectivity index (χ2n) is 4.79. The fraction of sp³-hybridized carbons (Fsp3) is 1.00. The number of ether oxygens (including phenoxy) is 2. The molecular formula is C10H18O9. The van der Waals surface area contributed by atoms with Gasteiger partial charge in [-0.15, -0.1) is 0 Å². The fourth-order valence-corrected chi connectivity index (χ4v) is 2.45. The van der Waals surface area contributed by atoms with Gasteiger partial charge in [-0.05, 0) is 0 Å². The SMILES string of the molecule is OC[C@H]1OC(O)(C2O[C@H](CO)[C@@H](O)[C@@H]2O)[C@@H](O)[C@@H]1O. The van der Waals surface area contributed by atoms with Gasteiger partial charge in [-0.1, -0.05) is 0 Å². The van der Waals surface area contributed by atoms with E-state index in [1.165, 1.54) is 0 Å². The van der Waals surface area contributed by atoms with Crippen LogP contribution in [0.2, 0.25) is 0 Å². The van der Waals surface area contributed by atoms with Gasteiger partial charge in [0.05, 0.1) is 13.2 Å². The minimum Gasteiger partial charge on any atom is -0.394 e. The lowest BCUT2D eigenvalue weighted by Crippen LogP contribution is -2.56. The maximum Gasteiger partial charge on any atom is 0.225 e. The third-order valence-electron chi connectivity index (χ3n) is 3.60. The van der Waals surface area contributed by atoms with E-state index in [2.05, 4.69) is 0 Å². The zero-order valence-corrected chi connectivity index (χ0v) is 9.90. The molecule has 2 aliphatic heterocycles. The molecule has 0 amide bonds. The highest BCUT2D eigenvalue weighted by Crippen LogP contribution is 2.38. The molecule has 2 heterocycles. The van der Waals surface area contributed by atoms with E-state index < -0.39 is 61.7 Å². The van der Waals surface area contributed by atoms with E-state index in [1.54, 1.807) is 0 Å². The van der Waals surface area contributed by atoms with Gasteiger partial charge in [0.15, 0.2) is 0 Å². The summed E-state index contributed by atoms with van der Waals surface area (Å²) in [7, 11) is 0. The van der Waals surface area contributed by atoms with Gasteiger partial charge in [0.1, 0.15) is 42.7 Å². The van der Waals surface area contributed by atoms with Crippen molar-refractivity contribution in [3.05, 3.63) is 0 Å². The molecule has 0 saturated carbocycles. The van der Waals surface area contributed by atoms with Gasteiger partial charge in [0.25, 0.3) is 0 Å². The maximum atomic E-state index is 10.2. The third kappa shape index (κ3) is 2.17. The van der Waals surface area contributed by atoms with Crippen LogP contribution in [-0.4, -0.2) is 97.5 Å². The van der Waals surface area contributed by atoms with Gasteiger partial charge in [0, 0.05) is 0 Å². The first kappa shape index (κ1) is 15.0. The Morgan fingerprint density at radius 1 is 0.842 bits per heavy atom. The Balaban J connectivity index is 2.21. The molecular weight excluding hydrogens is 264 g/mol. The second kappa shape index (κ2) is 5.20. The first-order valence-electron chi connectivity index (χ1n) is 5.86. The van der Waals surface area contributed by atoms with Crippen molar-refractivity contribution < 1.29 is 45.2 Å². The van der Waals surface area contributed by atoms with Gasteiger partial charge in [-0.3, -0.25) is 0 Å². The average Bonchev–Trinajstić information content (AvgIpc) is 2.81. The molecule has 9 heteroatoms. The summed E-state index contributed by atoms with van der Waals surface area (Å²) in [4.78, 5) is 0. The lowest BCUT2D eigenvalue weighted by atomic mass is 9.95. The van der Waals surface area contributed by atoms with Crippen molar-refractivity contribution in [2.45, 2.75) is 48.5 Å². The van der Waals surface area contributed by atoms with Crippen LogP contribution in [0.5, 0.6) is 0 Å². The van der Waals surface area contributed by atoms with Crippen LogP contribution in [0, 0.1) is 0 Å². The molecule has 2 fully saturated rings. The summed E-state index contributed by atoms with van der Waals surface area (Å²) in [5.41, 5.74) is 0. The van der Waals surface area contributed by atoms with E-state index >= 15 is 0 Å². The highest BCUT2D eigenvalue weighted by Gasteiger charge is 2.63. The van der Waals surface area contributed by atoms with Crippen molar-refractivity contribution in [3.8, 4) is 0 Å². The highest BCUT2D eigenvalue weighted by molar-refractivity contribution is 5.06. The lowest BCUT2D eigenvalue weighted by Gasteiger charge is -2.33. The van der Waals surface area contributed by atoms with Crippen LogP contribution < -0.4 is 0 Å². The molecule has 0 aromatic rings. The van der Waals surface area contributed by atoms with Crippen LogP contribution >= 0.6 is 0 Å². The molecule has 0 bridgehead atoms. The number of rotatable bonds is 3. The number of hydrogen-bond acceptors (Lipinski definition) is 9. The number of aliphatic hydroxyl groups is 7. The summed E-state index contributed by atoms with van der Waals surface area (Å²) in [6, 6.07) is 0. The Kier molecular flexibility index (Phi) is 4.12. The van der Waals surface area contributed by atoms with Crippen LogP contribution in [0.3, 0.4) is 0 Å². The Labute approximate surface area is 108 Å². The Hall–Kier alpha value is -0.360. The molecule has 2 aliphatic rings. The minimum absolute atomic E-state index is 0.604. The first-order chi connectivity index (χ1) is 8.86. The molecule has 2 unspecified atom stereocenters. The van der Waals surface area contributed by atoms with Gasteiger partial charge in [-0.2, -0.15) is 0 Å². The second-order valence-corrected chi connectivity index (χ2v) is 4.79. The van der Waals surface area contributed by atoms with Gasteiger partial charge < -0.3 is 45.2 Å². The van der Waals surface area contributed by atoms with E-state index in [4.69, 9.17) is 19.7 Å². The summed E-state index contributed by atoms with van der Waals surface area (Å²) in [5, 5.41) is 66.8. The molecule has 8 atom stereocenters. The van der Waals surface area contributed by atoms with Crippen LogP contribution in [-0.2, 0) is 9.47 Å². The molecule has 0 radical (unpaired) electrons. The quantitative estimate of drug-likeness (QED) is 0.270. The van der Waals surface area contributed by atoms with Crippen molar-refractivity contribution in [1.82, 2.24) is 0 Å². The van der Waals surface area contributed by atoms with E-state index in [-0.39, 0.29) is 0 Å². The molecule has 0 aliphatic carbocycles. The lowest BCUT2D eigenvalue weighted by molar-refractivity contribution is -0.294. The van der Waals surface area contributed by atoms with Crippen molar-refractivity contribution >= 4 is 0 Å². The molecule has 2 saturated heterocycles. The summed E-state index contributed by atoms with van der Waals surface area (Å²) in [5.74, 6) is -2.49. The third-order valence-corrected chi connectivity index (χ3v) is 3.60. The normalized spacial score (nSPS) is 54.8. The number of aliphatic hydroxyl groups excluding tert-OH is 6. The van der Waals surface area contributed by atoms with Gasteiger partial charge in [0.2, 0.25) is 5.79 Å². The smallest absolute Gasteiger partial charge is 0.225 e. The zero-order chi connectivity index (χ0) is 14.4. The largest absolute Gasteiger partial charge is 0.394 e. The van der Waals surface area contributed by atoms with Crippen molar-refractivity contribution in [2.75, 3.05) is 13.2 Å². The minimum atomic E-state index is -2.49. The maximum absolute atomic E-state index is 10.2. The van der Waals surface area contributed by atoms with Gasteiger partial charge in [-0.25, -0.2) is 0 Å². The van der Waals surface area contributed by atoms with E-state index in [0.29, 0.717) is 0 Å². The van der Waals surface area contributed by atoms with Crippen molar-refractivity contribution in [2.24, 2.45) is 0 Å². The standard InChI is InChI=1S/C10H18O9/c11-1-3-5(13)7(15)9(18-3)10(17)8(16)6(14)4(2-12)19-10/h3-9,11-17H,1-2H2/t3-,4-,5-,6-,7+,8+,9?,10?/m1/s1. The molecule has 19 heavy (non-hydrogen) atoms. The Bertz CT molecular complexity index is 326. The van der Waals surface area contributed by atoms with Crippen LogP contribution in [0.25, 0.3) is 0 Å². The highest BCUT2D eigenvalue weighted by atomic mass is 16.7. The van der Waals surface area contributed by atoms with Crippen molar-refractivity contribution in [1.29, 1.82) is 0 Å². The van der Waals surface area contributed by atoms with E-state index in [0.717, 1.165) is 0 Å².